The van der Waals surface area contributed by atoms with E-state index >= 15 is 0 Å². The Morgan fingerprint density at radius 2 is 1.83 bits per heavy atom. The lowest BCUT2D eigenvalue weighted by atomic mass is 10.0. The summed E-state index contributed by atoms with van der Waals surface area (Å²) in [6.45, 7) is 3.27. The van der Waals surface area contributed by atoms with Crippen LogP contribution in [0.1, 0.15) is 19.4 Å². The number of nitrogens with zero attached hydrogens (tertiary/aromatic N) is 1. The Balaban J connectivity index is 2.36. The van der Waals surface area contributed by atoms with Crippen molar-refractivity contribution < 1.29 is 19.2 Å². The summed E-state index contributed by atoms with van der Waals surface area (Å²) in [5.41, 5.74) is 1.09. The Hall–Kier alpha value is -2.95. The summed E-state index contributed by atoms with van der Waals surface area (Å²) in [4.78, 5) is 27.2. The van der Waals surface area contributed by atoms with Gasteiger partial charge in [0, 0.05) is 18.6 Å². The number of rotatable bonds is 5. The molecule has 0 N–H and O–H groups in total. The van der Waals surface area contributed by atoms with Crippen molar-refractivity contribution in [2.24, 2.45) is 5.16 Å². The van der Waals surface area contributed by atoms with Crippen LogP contribution in [-0.4, -0.2) is 24.3 Å². The molecular weight excluding hydrogens is 294 g/mol. The van der Waals surface area contributed by atoms with Gasteiger partial charge in [-0.05, 0) is 29.8 Å². The molecule has 0 saturated heterocycles. The van der Waals surface area contributed by atoms with Gasteiger partial charge in [-0.2, -0.15) is 0 Å². The first kappa shape index (κ1) is 16.4. The third-order valence-corrected chi connectivity index (χ3v) is 2.98. The second kappa shape index (κ2) is 7.89. The topological polar surface area (TPSA) is 65.0 Å². The lowest BCUT2D eigenvalue weighted by Gasteiger charge is -2.04. The Morgan fingerprint density at radius 3 is 2.52 bits per heavy atom. The standard InChI is InChI=1S/C18H17NO4/c1-3-22-18(21)11-10-17(19-23-13(2)20)16-9-8-14-6-4-5-7-15(14)12-16/h4-12H,3H2,1-2H3/b11-10+,19-17+. The summed E-state index contributed by atoms with van der Waals surface area (Å²) in [5.74, 6) is -1.02. The number of hydrogen-bond donors (Lipinski definition) is 0. The smallest absolute Gasteiger partial charge is 0.332 e. The van der Waals surface area contributed by atoms with Crippen LogP contribution >= 0.6 is 0 Å². The summed E-state index contributed by atoms with van der Waals surface area (Å²) < 4.78 is 4.84. The van der Waals surface area contributed by atoms with Crippen molar-refractivity contribution in [2.45, 2.75) is 13.8 Å². The number of carbonyl (C=O) groups excluding carboxylic acids is 2. The van der Waals surface area contributed by atoms with Crippen molar-refractivity contribution in [3.8, 4) is 0 Å². The van der Waals surface area contributed by atoms with Crippen molar-refractivity contribution >= 4 is 28.4 Å². The first-order valence-electron chi connectivity index (χ1n) is 7.19. The fourth-order valence-electron chi connectivity index (χ4n) is 1.98. The van der Waals surface area contributed by atoms with Gasteiger partial charge >= 0.3 is 11.9 Å². The maximum Gasteiger partial charge on any atom is 0.332 e. The van der Waals surface area contributed by atoms with Crippen LogP contribution in [0.3, 0.4) is 0 Å². The fraction of sp³-hybridized carbons (Fsp3) is 0.167. The summed E-state index contributed by atoms with van der Waals surface area (Å²) in [5, 5.41) is 5.90. The van der Waals surface area contributed by atoms with Crippen molar-refractivity contribution in [2.75, 3.05) is 6.61 Å². The highest BCUT2D eigenvalue weighted by Gasteiger charge is 2.05. The number of allylic oxidation sites excluding steroid dienone is 1. The molecule has 0 aliphatic carbocycles. The molecule has 0 aliphatic rings. The molecule has 2 aromatic rings. The Kier molecular flexibility index (Phi) is 5.63. The molecule has 0 bridgehead atoms. The minimum atomic E-state index is -0.534. The van der Waals surface area contributed by atoms with Crippen LogP contribution < -0.4 is 0 Å². The van der Waals surface area contributed by atoms with Gasteiger partial charge in [0.1, 0.15) is 5.71 Å². The minimum absolute atomic E-state index is 0.287. The van der Waals surface area contributed by atoms with Gasteiger partial charge in [-0.15, -0.1) is 0 Å². The van der Waals surface area contributed by atoms with E-state index in [1.54, 1.807) is 6.92 Å². The zero-order chi connectivity index (χ0) is 16.7. The van der Waals surface area contributed by atoms with Gasteiger partial charge in [-0.3, -0.25) is 0 Å². The average Bonchev–Trinajstić information content (AvgIpc) is 2.54. The van der Waals surface area contributed by atoms with Crippen LogP contribution in [0.2, 0.25) is 0 Å². The van der Waals surface area contributed by atoms with Crippen LogP contribution in [0, 0.1) is 0 Å². The number of ether oxygens (including phenoxy) is 1. The molecule has 2 rings (SSSR count). The predicted octanol–water partition coefficient (Wildman–Crippen LogP) is 3.23. The molecule has 0 fully saturated rings. The molecule has 0 aromatic heterocycles. The first-order valence-corrected chi connectivity index (χ1v) is 7.19. The van der Waals surface area contributed by atoms with Gasteiger partial charge in [0.25, 0.3) is 0 Å². The maximum absolute atomic E-state index is 11.5. The molecule has 5 heteroatoms. The molecule has 0 unspecified atom stereocenters. The van der Waals surface area contributed by atoms with Gasteiger partial charge in [0.15, 0.2) is 0 Å². The molecule has 0 spiro atoms. The van der Waals surface area contributed by atoms with Gasteiger partial charge in [0.2, 0.25) is 0 Å². The molecule has 2 aromatic carbocycles. The average molecular weight is 311 g/mol. The van der Waals surface area contributed by atoms with Crippen LogP contribution in [0.15, 0.2) is 59.8 Å². The van der Waals surface area contributed by atoms with Crippen molar-refractivity contribution in [1.82, 2.24) is 0 Å². The lowest BCUT2D eigenvalue weighted by Crippen LogP contribution is -2.04. The van der Waals surface area contributed by atoms with Gasteiger partial charge < -0.3 is 9.57 Å². The Bertz CT molecular complexity index is 777. The van der Waals surface area contributed by atoms with E-state index in [0.29, 0.717) is 5.71 Å². The van der Waals surface area contributed by atoms with E-state index < -0.39 is 11.9 Å². The highest BCUT2D eigenvalue weighted by atomic mass is 16.7. The number of fused-ring (bicyclic) bond motifs is 1. The van der Waals surface area contributed by atoms with Gasteiger partial charge in [-0.25, -0.2) is 9.59 Å². The van der Waals surface area contributed by atoms with E-state index in [0.717, 1.165) is 16.3 Å². The highest BCUT2D eigenvalue weighted by Crippen LogP contribution is 2.16. The van der Waals surface area contributed by atoms with E-state index in [9.17, 15) is 9.59 Å². The molecule has 0 saturated carbocycles. The Morgan fingerprint density at radius 1 is 1.09 bits per heavy atom. The second-order valence-corrected chi connectivity index (χ2v) is 4.71. The van der Waals surface area contributed by atoms with Crippen LogP contribution in [0.4, 0.5) is 0 Å². The quantitative estimate of drug-likeness (QED) is 0.279. The van der Waals surface area contributed by atoms with E-state index in [1.165, 1.54) is 19.1 Å². The number of hydrogen-bond acceptors (Lipinski definition) is 5. The van der Waals surface area contributed by atoms with Gasteiger partial charge in [-0.1, -0.05) is 41.6 Å². The number of carbonyl (C=O) groups is 2. The largest absolute Gasteiger partial charge is 0.463 e. The van der Waals surface area contributed by atoms with Crippen LogP contribution in [0.25, 0.3) is 10.8 Å². The molecule has 0 atom stereocenters. The van der Waals surface area contributed by atoms with Gasteiger partial charge in [0.05, 0.1) is 6.61 Å². The molecule has 23 heavy (non-hydrogen) atoms. The molecule has 0 heterocycles. The van der Waals surface area contributed by atoms with Crippen molar-refractivity contribution in [3.05, 3.63) is 60.2 Å². The van der Waals surface area contributed by atoms with E-state index in [4.69, 9.17) is 9.57 Å². The normalized spacial score (nSPS) is 11.7. The summed E-state index contributed by atoms with van der Waals surface area (Å²) >= 11 is 0. The lowest BCUT2D eigenvalue weighted by molar-refractivity contribution is -0.141. The van der Waals surface area contributed by atoms with E-state index in [2.05, 4.69) is 5.16 Å². The van der Waals surface area contributed by atoms with E-state index in [-0.39, 0.29) is 6.61 Å². The third kappa shape index (κ3) is 4.78. The summed E-state index contributed by atoms with van der Waals surface area (Å²) in [6.07, 6.45) is 2.71. The number of benzene rings is 2. The van der Waals surface area contributed by atoms with Crippen LogP contribution in [0.5, 0.6) is 0 Å². The summed E-state index contributed by atoms with van der Waals surface area (Å²) in [7, 11) is 0. The highest BCUT2D eigenvalue weighted by molar-refractivity contribution is 6.12. The zero-order valence-corrected chi connectivity index (χ0v) is 13.0. The zero-order valence-electron chi connectivity index (χ0n) is 13.0. The Labute approximate surface area is 134 Å². The summed E-state index contributed by atoms with van der Waals surface area (Å²) in [6, 6.07) is 13.5. The molecule has 0 amide bonds. The predicted molar refractivity (Wildman–Crippen MR) is 88.0 cm³/mol. The van der Waals surface area contributed by atoms with Crippen molar-refractivity contribution in [3.63, 3.8) is 0 Å². The molecule has 118 valence electrons. The minimum Gasteiger partial charge on any atom is -0.463 e. The first-order chi connectivity index (χ1) is 11.1. The fourth-order valence-corrected chi connectivity index (χ4v) is 1.98. The monoisotopic (exact) mass is 311 g/mol. The number of esters is 1. The number of oxime groups is 1. The molecule has 0 aliphatic heterocycles. The van der Waals surface area contributed by atoms with Crippen molar-refractivity contribution in [1.29, 1.82) is 0 Å². The maximum atomic E-state index is 11.5. The van der Waals surface area contributed by atoms with Crippen LogP contribution in [-0.2, 0) is 19.2 Å². The second-order valence-electron chi connectivity index (χ2n) is 4.71. The third-order valence-electron chi connectivity index (χ3n) is 2.98. The van der Waals surface area contributed by atoms with E-state index in [1.807, 2.05) is 42.5 Å². The molecule has 0 radical (unpaired) electrons. The molecular formula is C18H17NO4. The molecule has 5 nitrogen and oxygen atoms in total. The SMILES string of the molecule is CCOC(=O)/C=C/C(=N\OC(C)=O)c1ccc2ccccc2c1.